The summed E-state index contributed by atoms with van der Waals surface area (Å²) in [6.45, 7) is 9.02. The molecule has 0 aliphatic carbocycles. The Kier molecular flexibility index (Phi) is 11.0. The maximum Gasteiger partial charge on any atom is 0.137 e. The van der Waals surface area contributed by atoms with E-state index >= 15 is 0 Å². The Labute approximate surface area is 162 Å². The molecule has 1 unspecified atom stereocenters. The molecule has 0 aliphatic rings. The van der Waals surface area contributed by atoms with E-state index in [0.717, 1.165) is 37.9 Å². The maximum atomic E-state index is 6.68. The van der Waals surface area contributed by atoms with Gasteiger partial charge in [0, 0.05) is 7.11 Å². The number of hydrogen-bond donors (Lipinski definition) is 0. The van der Waals surface area contributed by atoms with Gasteiger partial charge in [-0.15, -0.1) is 0 Å². The fraction of sp³-hybridized carbons (Fsp3) is 0.750. The van der Waals surface area contributed by atoms with Gasteiger partial charge in [-0.3, -0.25) is 0 Å². The molecule has 150 valence electrons. The van der Waals surface area contributed by atoms with Crippen LogP contribution in [0.3, 0.4) is 0 Å². The largest absolute Gasteiger partial charge is 0.484 e. The predicted octanol–water partition coefficient (Wildman–Crippen LogP) is 7.56. The average Bonchev–Trinajstić information content (AvgIpc) is 2.69. The highest BCUT2D eigenvalue weighted by Gasteiger charge is 2.50. The van der Waals surface area contributed by atoms with Crippen LogP contribution in [0.25, 0.3) is 0 Å². The third kappa shape index (κ3) is 6.01. The molecule has 0 aliphatic heterocycles. The van der Waals surface area contributed by atoms with Crippen LogP contribution >= 0.6 is 0 Å². The first kappa shape index (κ1) is 23.0. The highest BCUT2D eigenvalue weighted by atomic mass is 16.6. The number of rotatable bonds is 15. The zero-order valence-corrected chi connectivity index (χ0v) is 18.0. The highest BCUT2D eigenvalue weighted by molar-refractivity contribution is 5.23. The lowest BCUT2D eigenvalue weighted by Gasteiger charge is -2.49. The number of hydrogen-bond acceptors (Lipinski definition) is 2. The Bertz CT molecular complexity index is 453. The molecule has 0 radical (unpaired) electrons. The van der Waals surface area contributed by atoms with Crippen molar-refractivity contribution in [1.29, 1.82) is 0 Å². The molecular weight excluding hydrogens is 320 g/mol. The molecule has 1 aromatic carbocycles. The lowest BCUT2D eigenvalue weighted by Crippen LogP contribution is -2.58. The molecular formula is C24H42O2. The number of benzene rings is 1. The second-order valence-corrected chi connectivity index (χ2v) is 7.58. The summed E-state index contributed by atoms with van der Waals surface area (Å²) in [5.74, 6) is 0.955. The van der Waals surface area contributed by atoms with E-state index in [1.165, 1.54) is 38.5 Å². The topological polar surface area (TPSA) is 18.5 Å². The highest BCUT2D eigenvalue weighted by Crippen LogP contribution is 2.43. The van der Waals surface area contributed by atoms with Gasteiger partial charge in [0.1, 0.15) is 17.0 Å². The van der Waals surface area contributed by atoms with Crippen LogP contribution in [0.15, 0.2) is 30.3 Å². The maximum absolute atomic E-state index is 6.68. The van der Waals surface area contributed by atoms with Gasteiger partial charge in [0.05, 0.1) is 0 Å². The van der Waals surface area contributed by atoms with Crippen molar-refractivity contribution >= 4 is 0 Å². The zero-order chi connectivity index (χ0) is 19.3. The number of ether oxygens (including phenoxy) is 2. The SMILES string of the molecule is CCCCCCCCC(CCC)(OC)C(CC)(CC)Oc1ccccc1. The van der Waals surface area contributed by atoms with Gasteiger partial charge in [-0.25, -0.2) is 0 Å². The van der Waals surface area contributed by atoms with Gasteiger partial charge in [0.15, 0.2) is 0 Å². The molecule has 0 saturated carbocycles. The molecule has 0 bridgehead atoms. The number of unbranched alkanes of at least 4 members (excludes halogenated alkanes) is 5. The third-order valence-electron chi connectivity index (χ3n) is 6.01. The summed E-state index contributed by atoms with van der Waals surface area (Å²) in [7, 11) is 1.89. The molecule has 0 spiro atoms. The van der Waals surface area contributed by atoms with Crippen LogP contribution in [0.2, 0.25) is 0 Å². The van der Waals surface area contributed by atoms with E-state index < -0.39 is 0 Å². The summed E-state index contributed by atoms with van der Waals surface area (Å²) in [6.07, 6.45) is 13.0. The fourth-order valence-corrected chi connectivity index (χ4v) is 4.41. The first-order valence-corrected chi connectivity index (χ1v) is 10.9. The molecule has 1 rings (SSSR count). The van der Waals surface area contributed by atoms with Crippen molar-refractivity contribution in [2.75, 3.05) is 7.11 Å². The van der Waals surface area contributed by atoms with Crippen molar-refractivity contribution in [2.24, 2.45) is 0 Å². The van der Waals surface area contributed by atoms with E-state index in [1.807, 2.05) is 25.3 Å². The molecule has 2 nitrogen and oxygen atoms in total. The van der Waals surface area contributed by atoms with Gasteiger partial charge in [-0.1, -0.05) is 90.8 Å². The lowest BCUT2D eigenvalue weighted by atomic mass is 9.72. The van der Waals surface area contributed by atoms with Crippen molar-refractivity contribution in [3.63, 3.8) is 0 Å². The molecule has 0 N–H and O–H groups in total. The van der Waals surface area contributed by atoms with E-state index in [-0.39, 0.29) is 11.2 Å². The van der Waals surface area contributed by atoms with E-state index in [9.17, 15) is 0 Å². The van der Waals surface area contributed by atoms with Gasteiger partial charge in [-0.05, 0) is 37.8 Å². The van der Waals surface area contributed by atoms with Crippen molar-refractivity contribution in [3.8, 4) is 5.75 Å². The molecule has 0 amide bonds. The third-order valence-corrected chi connectivity index (χ3v) is 6.01. The summed E-state index contributed by atoms with van der Waals surface area (Å²) in [5, 5.41) is 0. The second kappa shape index (κ2) is 12.4. The monoisotopic (exact) mass is 362 g/mol. The summed E-state index contributed by atoms with van der Waals surface area (Å²) in [6, 6.07) is 10.3. The van der Waals surface area contributed by atoms with E-state index in [2.05, 4.69) is 39.8 Å². The average molecular weight is 363 g/mol. The Balaban J connectivity index is 2.95. The van der Waals surface area contributed by atoms with E-state index in [4.69, 9.17) is 9.47 Å². The van der Waals surface area contributed by atoms with Crippen LogP contribution in [0.4, 0.5) is 0 Å². The van der Waals surface area contributed by atoms with Crippen LogP contribution in [0.5, 0.6) is 5.75 Å². The molecule has 1 aromatic rings. The van der Waals surface area contributed by atoms with Crippen molar-refractivity contribution in [2.45, 2.75) is 110 Å². The minimum atomic E-state index is -0.275. The summed E-state index contributed by atoms with van der Waals surface area (Å²) in [5.41, 5.74) is -0.492. The molecule has 0 fully saturated rings. The van der Waals surface area contributed by atoms with Crippen molar-refractivity contribution in [3.05, 3.63) is 30.3 Å². The summed E-state index contributed by atoms with van der Waals surface area (Å²) < 4.78 is 13.0. The van der Waals surface area contributed by atoms with Gasteiger partial charge in [0.2, 0.25) is 0 Å². The molecule has 0 heterocycles. The standard InChI is InChI=1S/C24H42O2/c1-6-10-11-12-13-17-21-24(25-5,20-7-2)23(8-3,9-4)26-22-18-15-14-16-19-22/h14-16,18-19H,6-13,17,20-21H2,1-5H3. The molecule has 26 heavy (non-hydrogen) atoms. The molecule has 1 atom stereocenters. The Morgan fingerprint density at radius 2 is 1.31 bits per heavy atom. The first-order chi connectivity index (χ1) is 12.6. The van der Waals surface area contributed by atoms with Crippen LogP contribution in [0.1, 0.15) is 98.3 Å². The Morgan fingerprint density at radius 1 is 0.692 bits per heavy atom. The molecule has 2 heteroatoms. The summed E-state index contributed by atoms with van der Waals surface area (Å²) >= 11 is 0. The zero-order valence-electron chi connectivity index (χ0n) is 18.0. The van der Waals surface area contributed by atoms with Crippen LogP contribution in [0, 0.1) is 0 Å². The first-order valence-electron chi connectivity index (χ1n) is 10.9. The predicted molar refractivity (Wildman–Crippen MR) is 113 cm³/mol. The normalized spacial score (nSPS) is 14.2. The smallest absolute Gasteiger partial charge is 0.137 e. The quantitative estimate of drug-likeness (QED) is 0.300. The number of methoxy groups -OCH3 is 1. The minimum Gasteiger partial charge on any atom is -0.484 e. The minimum absolute atomic E-state index is 0.216. The second-order valence-electron chi connectivity index (χ2n) is 7.58. The van der Waals surface area contributed by atoms with Crippen LogP contribution < -0.4 is 4.74 Å². The Morgan fingerprint density at radius 3 is 1.85 bits per heavy atom. The van der Waals surface area contributed by atoms with Crippen LogP contribution in [-0.4, -0.2) is 18.3 Å². The van der Waals surface area contributed by atoms with E-state index in [1.54, 1.807) is 0 Å². The molecule has 0 saturated heterocycles. The molecule has 0 aromatic heterocycles. The van der Waals surface area contributed by atoms with Gasteiger partial charge in [-0.2, -0.15) is 0 Å². The van der Waals surface area contributed by atoms with Crippen LogP contribution in [-0.2, 0) is 4.74 Å². The fourth-order valence-electron chi connectivity index (χ4n) is 4.41. The lowest BCUT2D eigenvalue weighted by molar-refractivity contribution is -0.169. The van der Waals surface area contributed by atoms with Crippen molar-refractivity contribution in [1.82, 2.24) is 0 Å². The Hall–Kier alpha value is -1.02. The van der Waals surface area contributed by atoms with Gasteiger partial charge in [0.25, 0.3) is 0 Å². The summed E-state index contributed by atoms with van der Waals surface area (Å²) in [4.78, 5) is 0. The van der Waals surface area contributed by atoms with Gasteiger partial charge < -0.3 is 9.47 Å². The van der Waals surface area contributed by atoms with Crippen molar-refractivity contribution < 1.29 is 9.47 Å². The van der Waals surface area contributed by atoms with Gasteiger partial charge >= 0.3 is 0 Å². The van der Waals surface area contributed by atoms with E-state index in [0.29, 0.717) is 0 Å². The number of para-hydroxylation sites is 1.